The third-order valence-corrected chi connectivity index (χ3v) is 8.55. The lowest BCUT2D eigenvalue weighted by Crippen LogP contribution is -2.31. The Bertz CT molecular complexity index is 1660. The molecule has 2 fully saturated rings. The number of anilines is 1. The molecule has 2 aliphatic carbocycles. The van der Waals surface area contributed by atoms with Crippen molar-refractivity contribution < 1.29 is 24.0 Å². The van der Waals surface area contributed by atoms with Gasteiger partial charge < -0.3 is 19.3 Å². The molecule has 0 atom stereocenters. The Morgan fingerprint density at radius 1 is 1.12 bits per heavy atom. The second-order valence-electron chi connectivity index (χ2n) is 10.5. The van der Waals surface area contributed by atoms with E-state index in [0.29, 0.717) is 38.7 Å². The highest BCUT2D eigenvalue weighted by molar-refractivity contribution is 6.39. The molecule has 10 heteroatoms. The lowest BCUT2D eigenvalue weighted by Gasteiger charge is -2.18. The molecule has 1 spiro atoms. The number of carboxylic acid groups (broad SMARTS) is 1. The number of amides is 1. The maximum Gasteiger partial charge on any atom is 0.337 e. The average Bonchev–Trinajstić information content (AvgIpc) is 3.88. The van der Waals surface area contributed by atoms with Gasteiger partial charge in [-0.05, 0) is 73.7 Å². The molecule has 1 aliphatic heterocycles. The second-order valence-corrected chi connectivity index (χ2v) is 11.3. The third kappa shape index (κ3) is 4.14. The van der Waals surface area contributed by atoms with Crippen LogP contribution in [0, 0.1) is 0 Å². The van der Waals surface area contributed by atoms with Crippen LogP contribution in [0.3, 0.4) is 0 Å². The van der Waals surface area contributed by atoms with E-state index >= 15 is 0 Å². The SMILES string of the molecule is O=C(O)c1ccc(CN2C(=O)C3(CC3)c3cc(OCc4c(-c5c(Cl)cccc5Cl)noc4C4CC4)ccc32)nc1. The van der Waals surface area contributed by atoms with Gasteiger partial charge >= 0.3 is 5.97 Å². The summed E-state index contributed by atoms with van der Waals surface area (Å²) in [7, 11) is 0. The third-order valence-electron chi connectivity index (χ3n) is 7.92. The van der Waals surface area contributed by atoms with Crippen LogP contribution in [0.1, 0.15) is 64.5 Å². The Morgan fingerprint density at radius 3 is 2.55 bits per heavy atom. The minimum atomic E-state index is -1.04. The summed E-state index contributed by atoms with van der Waals surface area (Å²) < 4.78 is 12.1. The first kappa shape index (κ1) is 25.1. The van der Waals surface area contributed by atoms with E-state index < -0.39 is 11.4 Å². The van der Waals surface area contributed by atoms with Gasteiger partial charge in [-0.2, -0.15) is 0 Å². The number of carbonyl (C=O) groups is 2. The van der Waals surface area contributed by atoms with Gasteiger partial charge in [-0.3, -0.25) is 9.78 Å². The minimum absolute atomic E-state index is 0.0365. The minimum Gasteiger partial charge on any atom is -0.489 e. The first-order valence-electron chi connectivity index (χ1n) is 13.1. The molecule has 0 saturated heterocycles. The van der Waals surface area contributed by atoms with Crippen LogP contribution in [0.5, 0.6) is 5.75 Å². The fourth-order valence-corrected chi connectivity index (χ4v) is 6.06. The van der Waals surface area contributed by atoms with E-state index in [-0.39, 0.29) is 24.6 Å². The van der Waals surface area contributed by atoms with Crippen LogP contribution in [0.15, 0.2) is 59.3 Å². The molecule has 8 nitrogen and oxygen atoms in total. The summed E-state index contributed by atoms with van der Waals surface area (Å²) in [6, 6.07) is 14.2. The number of benzene rings is 2. The summed E-state index contributed by atoms with van der Waals surface area (Å²) in [5.41, 5.74) is 3.99. The van der Waals surface area contributed by atoms with Gasteiger partial charge in [0.1, 0.15) is 23.8 Å². The van der Waals surface area contributed by atoms with Crippen molar-refractivity contribution in [2.45, 2.75) is 50.2 Å². The number of pyridine rings is 1. The summed E-state index contributed by atoms with van der Waals surface area (Å²) in [5.74, 6) is 0.745. The standard InChI is InChI=1S/C30H23Cl2N3O5/c31-22-2-1-3-23(32)25(22)26-20(27(40-34-26)16-4-5-16)15-39-19-8-9-24-21(12-19)30(10-11-30)29(38)35(24)14-18-7-6-17(13-33-18)28(36)37/h1-3,6-9,12-13,16H,4-5,10-11,14-15H2,(H,36,37). The zero-order chi connectivity index (χ0) is 27.6. The van der Waals surface area contributed by atoms with Crippen LogP contribution in [-0.4, -0.2) is 27.1 Å². The normalized spacial score (nSPS) is 16.9. The van der Waals surface area contributed by atoms with Gasteiger partial charge in [0.25, 0.3) is 0 Å². The molecule has 0 bridgehead atoms. The predicted octanol–water partition coefficient (Wildman–Crippen LogP) is 6.78. The first-order chi connectivity index (χ1) is 19.4. The van der Waals surface area contributed by atoms with Crippen LogP contribution in [0.4, 0.5) is 5.69 Å². The van der Waals surface area contributed by atoms with E-state index in [4.69, 9.17) is 37.6 Å². The lowest BCUT2D eigenvalue weighted by atomic mass is 9.98. The van der Waals surface area contributed by atoms with E-state index in [1.165, 1.54) is 12.3 Å². The number of aromatic nitrogens is 2. The Hall–Kier alpha value is -3.88. The Morgan fingerprint density at radius 2 is 1.90 bits per heavy atom. The molecule has 1 N–H and O–H groups in total. The molecule has 2 aromatic carbocycles. The molecular formula is C30H23Cl2N3O5. The monoisotopic (exact) mass is 575 g/mol. The summed E-state index contributed by atoms with van der Waals surface area (Å²) >= 11 is 13.0. The quantitative estimate of drug-likeness (QED) is 0.247. The molecule has 202 valence electrons. The molecule has 4 aromatic rings. The van der Waals surface area contributed by atoms with Gasteiger partial charge in [-0.1, -0.05) is 34.4 Å². The highest BCUT2D eigenvalue weighted by atomic mass is 35.5. The summed E-state index contributed by atoms with van der Waals surface area (Å²) in [6.07, 6.45) is 4.93. The zero-order valence-electron chi connectivity index (χ0n) is 21.2. The van der Waals surface area contributed by atoms with E-state index in [2.05, 4.69) is 10.1 Å². The van der Waals surface area contributed by atoms with Gasteiger partial charge in [-0.25, -0.2) is 4.79 Å². The topological polar surface area (TPSA) is 106 Å². The van der Waals surface area contributed by atoms with Gasteiger partial charge in [0.2, 0.25) is 5.91 Å². The van der Waals surface area contributed by atoms with Crippen molar-refractivity contribution in [3.05, 3.63) is 92.9 Å². The van der Waals surface area contributed by atoms with E-state index in [1.54, 1.807) is 29.2 Å². The number of hydrogen-bond donors (Lipinski definition) is 1. The fraction of sp³-hybridized carbons (Fsp3) is 0.267. The molecular weight excluding hydrogens is 553 g/mol. The van der Waals surface area contributed by atoms with Gasteiger partial charge in [0, 0.05) is 23.4 Å². The average molecular weight is 576 g/mol. The Balaban J connectivity index is 1.17. The number of hydrogen-bond acceptors (Lipinski definition) is 6. The molecule has 3 heterocycles. The number of nitrogens with zero attached hydrogens (tertiary/aromatic N) is 3. The molecule has 0 unspecified atom stereocenters. The largest absolute Gasteiger partial charge is 0.489 e. The number of rotatable bonds is 8. The van der Waals surface area contributed by atoms with Crippen molar-refractivity contribution >= 4 is 40.8 Å². The van der Waals surface area contributed by atoms with Crippen LogP contribution in [0.2, 0.25) is 10.0 Å². The summed E-state index contributed by atoms with van der Waals surface area (Å²) in [4.78, 5) is 30.6. The van der Waals surface area contributed by atoms with E-state index in [0.717, 1.165) is 48.3 Å². The maximum absolute atomic E-state index is 13.5. The highest BCUT2D eigenvalue weighted by Gasteiger charge is 2.59. The number of carbonyl (C=O) groups excluding carboxylic acids is 1. The van der Waals surface area contributed by atoms with Gasteiger partial charge in [-0.15, -0.1) is 0 Å². The molecule has 40 heavy (non-hydrogen) atoms. The highest BCUT2D eigenvalue weighted by Crippen LogP contribution is 2.58. The van der Waals surface area contributed by atoms with Crippen molar-refractivity contribution in [2.75, 3.05) is 4.90 Å². The van der Waals surface area contributed by atoms with Crippen molar-refractivity contribution in [2.24, 2.45) is 0 Å². The number of carboxylic acids is 1. The van der Waals surface area contributed by atoms with Crippen LogP contribution in [-0.2, 0) is 23.4 Å². The maximum atomic E-state index is 13.5. The van der Waals surface area contributed by atoms with Crippen molar-refractivity contribution in [3.8, 4) is 17.0 Å². The Labute approximate surface area is 239 Å². The number of halogens is 2. The van der Waals surface area contributed by atoms with Crippen LogP contribution >= 0.6 is 23.2 Å². The molecule has 0 radical (unpaired) electrons. The molecule has 1 amide bonds. The van der Waals surface area contributed by atoms with Crippen LogP contribution in [0.25, 0.3) is 11.3 Å². The molecule has 7 rings (SSSR count). The van der Waals surface area contributed by atoms with Crippen molar-refractivity contribution in [1.29, 1.82) is 0 Å². The van der Waals surface area contributed by atoms with Crippen molar-refractivity contribution in [3.63, 3.8) is 0 Å². The number of fused-ring (bicyclic) bond motifs is 2. The number of ether oxygens (including phenoxy) is 1. The van der Waals surface area contributed by atoms with Crippen LogP contribution < -0.4 is 9.64 Å². The predicted molar refractivity (Wildman–Crippen MR) is 148 cm³/mol. The molecule has 2 aromatic heterocycles. The fourth-order valence-electron chi connectivity index (χ4n) is 5.48. The first-order valence-corrected chi connectivity index (χ1v) is 13.8. The Kier molecular flexibility index (Phi) is 5.87. The smallest absolute Gasteiger partial charge is 0.337 e. The van der Waals surface area contributed by atoms with Gasteiger partial charge in [0.15, 0.2) is 0 Å². The second kappa shape index (κ2) is 9.35. The zero-order valence-corrected chi connectivity index (χ0v) is 22.7. The summed E-state index contributed by atoms with van der Waals surface area (Å²) in [6.45, 7) is 0.483. The van der Waals surface area contributed by atoms with E-state index in [9.17, 15) is 9.59 Å². The van der Waals surface area contributed by atoms with Gasteiger partial charge in [0.05, 0.1) is 38.8 Å². The lowest BCUT2D eigenvalue weighted by molar-refractivity contribution is -0.120. The molecule has 3 aliphatic rings. The number of aromatic carboxylic acids is 1. The van der Waals surface area contributed by atoms with Crippen molar-refractivity contribution in [1.82, 2.24) is 10.1 Å². The molecule has 2 saturated carbocycles. The van der Waals surface area contributed by atoms with E-state index in [1.807, 2.05) is 18.2 Å². The summed E-state index contributed by atoms with van der Waals surface area (Å²) in [5, 5.41) is 14.5.